The minimum absolute atomic E-state index is 0.121. The molecule has 5 heteroatoms. The quantitative estimate of drug-likeness (QED) is 0.925. The molecule has 1 heterocycles. The predicted molar refractivity (Wildman–Crippen MR) is 96.1 cm³/mol. The first-order valence-corrected chi connectivity index (χ1v) is 8.30. The topological polar surface area (TPSA) is 49.4 Å². The second-order valence-corrected chi connectivity index (χ2v) is 6.64. The van der Waals surface area contributed by atoms with Crippen molar-refractivity contribution in [1.29, 1.82) is 0 Å². The van der Waals surface area contributed by atoms with Crippen LogP contribution in [0.15, 0.2) is 36.4 Å². The van der Waals surface area contributed by atoms with Crippen LogP contribution >= 0.6 is 0 Å². The summed E-state index contributed by atoms with van der Waals surface area (Å²) in [4.78, 5) is 26.4. The van der Waals surface area contributed by atoms with Crippen molar-refractivity contribution in [3.05, 3.63) is 58.9 Å². The van der Waals surface area contributed by atoms with Crippen LogP contribution < -0.4 is 10.2 Å². The highest BCUT2D eigenvalue weighted by molar-refractivity contribution is 6.03. The smallest absolute Gasteiger partial charge is 0.229 e. The molecule has 2 aromatic carbocycles. The first-order chi connectivity index (χ1) is 11.8. The molecule has 0 spiro atoms. The van der Waals surface area contributed by atoms with Crippen LogP contribution in [0.1, 0.15) is 23.1 Å². The molecular formula is C20H21FN2O2. The lowest BCUT2D eigenvalue weighted by Crippen LogP contribution is -2.28. The molecule has 130 valence electrons. The van der Waals surface area contributed by atoms with Crippen molar-refractivity contribution in [3.63, 3.8) is 0 Å². The molecule has 4 nitrogen and oxygen atoms in total. The lowest BCUT2D eigenvalue weighted by molar-refractivity contribution is -0.122. The van der Waals surface area contributed by atoms with Crippen LogP contribution in [-0.4, -0.2) is 18.4 Å². The van der Waals surface area contributed by atoms with Crippen LogP contribution in [-0.2, 0) is 9.59 Å². The van der Waals surface area contributed by atoms with Gasteiger partial charge in [-0.25, -0.2) is 4.39 Å². The first kappa shape index (κ1) is 17.1. The van der Waals surface area contributed by atoms with Gasteiger partial charge in [0.2, 0.25) is 11.8 Å². The second kappa shape index (κ2) is 6.67. The number of halogens is 1. The summed E-state index contributed by atoms with van der Waals surface area (Å²) in [5.41, 5.74) is 4.58. The van der Waals surface area contributed by atoms with Gasteiger partial charge in [0.05, 0.1) is 5.92 Å². The van der Waals surface area contributed by atoms with Gasteiger partial charge in [-0.1, -0.05) is 17.7 Å². The van der Waals surface area contributed by atoms with Gasteiger partial charge in [0, 0.05) is 24.3 Å². The van der Waals surface area contributed by atoms with Crippen LogP contribution in [0.5, 0.6) is 0 Å². The molecular weight excluding hydrogens is 319 g/mol. The maximum atomic E-state index is 13.1. The van der Waals surface area contributed by atoms with Gasteiger partial charge in [0.1, 0.15) is 5.82 Å². The van der Waals surface area contributed by atoms with Crippen molar-refractivity contribution in [1.82, 2.24) is 0 Å². The maximum Gasteiger partial charge on any atom is 0.229 e. The number of hydrogen-bond acceptors (Lipinski definition) is 2. The number of amides is 2. The van der Waals surface area contributed by atoms with E-state index < -0.39 is 5.92 Å². The Bertz CT molecular complexity index is 807. The highest BCUT2D eigenvalue weighted by Crippen LogP contribution is 2.28. The minimum atomic E-state index is -0.419. The zero-order valence-corrected chi connectivity index (χ0v) is 14.6. The summed E-state index contributed by atoms with van der Waals surface area (Å²) in [6, 6.07) is 9.79. The summed E-state index contributed by atoms with van der Waals surface area (Å²) in [6.45, 7) is 6.24. The normalized spacial score (nSPS) is 17.0. The third-order valence-corrected chi connectivity index (χ3v) is 4.56. The molecule has 1 aliphatic heterocycles. The molecule has 0 saturated carbocycles. The lowest BCUT2D eigenvalue weighted by Gasteiger charge is -2.18. The number of hydrogen-bond donors (Lipinski definition) is 1. The van der Waals surface area contributed by atoms with E-state index in [1.165, 1.54) is 12.1 Å². The molecule has 0 aromatic heterocycles. The third-order valence-electron chi connectivity index (χ3n) is 4.56. The van der Waals surface area contributed by atoms with E-state index in [-0.39, 0.29) is 24.1 Å². The predicted octanol–water partition coefficient (Wildman–Crippen LogP) is 3.74. The molecule has 25 heavy (non-hydrogen) atoms. The number of rotatable bonds is 3. The fourth-order valence-corrected chi connectivity index (χ4v) is 3.36. The summed E-state index contributed by atoms with van der Waals surface area (Å²) in [5.74, 6) is -1.05. The van der Waals surface area contributed by atoms with Crippen molar-refractivity contribution in [2.24, 2.45) is 5.92 Å². The van der Waals surface area contributed by atoms with E-state index in [0.717, 1.165) is 22.4 Å². The Hall–Kier alpha value is -2.69. The van der Waals surface area contributed by atoms with E-state index in [0.29, 0.717) is 12.2 Å². The average Bonchev–Trinajstić information content (AvgIpc) is 2.93. The number of benzene rings is 2. The summed E-state index contributed by atoms with van der Waals surface area (Å²) in [6.07, 6.45) is 0.160. The Morgan fingerprint density at radius 1 is 1.12 bits per heavy atom. The molecule has 0 aliphatic carbocycles. The van der Waals surface area contributed by atoms with E-state index in [1.54, 1.807) is 17.0 Å². The van der Waals surface area contributed by atoms with Gasteiger partial charge in [-0.15, -0.1) is 0 Å². The van der Waals surface area contributed by atoms with Crippen molar-refractivity contribution >= 4 is 23.2 Å². The van der Waals surface area contributed by atoms with E-state index >= 15 is 0 Å². The number of nitrogens with one attached hydrogen (secondary N) is 1. The molecule has 1 saturated heterocycles. The summed E-state index contributed by atoms with van der Waals surface area (Å²) < 4.78 is 13.1. The Balaban J connectivity index is 1.74. The van der Waals surface area contributed by atoms with Gasteiger partial charge in [0.25, 0.3) is 0 Å². The summed E-state index contributed by atoms with van der Waals surface area (Å²) in [5, 5.41) is 2.97. The van der Waals surface area contributed by atoms with E-state index in [1.807, 2.05) is 32.9 Å². The van der Waals surface area contributed by atoms with E-state index in [9.17, 15) is 14.0 Å². The molecule has 2 aromatic rings. The van der Waals surface area contributed by atoms with Gasteiger partial charge in [-0.2, -0.15) is 0 Å². The Kier molecular flexibility index (Phi) is 4.57. The van der Waals surface area contributed by atoms with Crippen molar-refractivity contribution in [2.45, 2.75) is 27.2 Å². The Morgan fingerprint density at radius 2 is 1.72 bits per heavy atom. The molecule has 2 amide bonds. The third kappa shape index (κ3) is 3.55. The molecule has 1 unspecified atom stereocenters. The van der Waals surface area contributed by atoms with Crippen molar-refractivity contribution in [2.75, 3.05) is 16.8 Å². The molecule has 1 fully saturated rings. The minimum Gasteiger partial charge on any atom is -0.325 e. The first-order valence-electron chi connectivity index (χ1n) is 8.30. The van der Waals surface area contributed by atoms with Gasteiger partial charge >= 0.3 is 0 Å². The zero-order chi connectivity index (χ0) is 18.1. The second-order valence-electron chi connectivity index (χ2n) is 6.64. The number of carbonyl (C=O) groups is 2. The Labute approximate surface area is 146 Å². The summed E-state index contributed by atoms with van der Waals surface area (Å²) in [7, 11) is 0. The fourth-order valence-electron chi connectivity index (χ4n) is 3.36. The maximum absolute atomic E-state index is 13.1. The Morgan fingerprint density at radius 3 is 2.32 bits per heavy atom. The number of nitrogens with zero attached hydrogens (tertiary/aromatic N) is 1. The number of aryl methyl sites for hydroxylation is 3. The van der Waals surface area contributed by atoms with Gasteiger partial charge in [-0.05, 0) is 56.2 Å². The average molecular weight is 340 g/mol. The SMILES string of the molecule is Cc1cc(C)c(NC(=O)C2CC(=O)N(c3ccc(F)cc3)C2)c(C)c1. The molecule has 1 N–H and O–H groups in total. The number of anilines is 2. The van der Waals surface area contributed by atoms with Crippen LogP contribution in [0.4, 0.5) is 15.8 Å². The van der Waals surface area contributed by atoms with Crippen molar-refractivity contribution in [3.8, 4) is 0 Å². The highest BCUT2D eigenvalue weighted by Gasteiger charge is 2.35. The van der Waals surface area contributed by atoms with Gasteiger partial charge in [0.15, 0.2) is 0 Å². The standard InChI is InChI=1S/C20H21FN2O2/c1-12-8-13(2)19(14(3)9-12)22-20(25)15-10-18(24)23(11-15)17-6-4-16(21)5-7-17/h4-9,15H,10-11H2,1-3H3,(H,22,25). The van der Waals surface area contributed by atoms with Crippen LogP contribution in [0, 0.1) is 32.5 Å². The molecule has 3 rings (SSSR count). The van der Waals surface area contributed by atoms with Gasteiger partial charge in [-0.3, -0.25) is 9.59 Å². The highest BCUT2D eigenvalue weighted by atomic mass is 19.1. The van der Waals surface area contributed by atoms with Gasteiger partial charge < -0.3 is 10.2 Å². The molecule has 1 atom stereocenters. The monoisotopic (exact) mass is 340 g/mol. The van der Waals surface area contributed by atoms with Crippen LogP contribution in [0.2, 0.25) is 0 Å². The fraction of sp³-hybridized carbons (Fsp3) is 0.300. The van der Waals surface area contributed by atoms with Crippen molar-refractivity contribution < 1.29 is 14.0 Å². The largest absolute Gasteiger partial charge is 0.325 e. The molecule has 0 bridgehead atoms. The van der Waals surface area contributed by atoms with Crippen LogP contribution in [0.25, 0.3) is 0 Å². The van der Waals surface area contributed by atoms with Crippen LogP contribution in [0.3, 0.4) is 0 Å². The summed E-state index contributed by atoms with van der Waals surface area (Å²) >= 11 is 0. The van der Waals surface area contributed by atoms with E-state index in [4.69, 9.17) is 0 Å². The number of carbonyl (C=O) groups excluding carboxylic acids is 2. The molecule has 0 radical (unpaired) electrons. The lowest BCUT2D eigenvalue weighted by atomic mass is 10.0. The van der Waals surface area contributed by atoms with E-state index in [2.05, 4.69) is 5.32 Å². The zero-order valence-electron chi connectivity index (χ0n) is 14.6. The molecule has 1 aliphatic rings.